The van der Waals surface area contributed by atoms with E-state index in [1.54, 1.807) is 6.92 Å². The number of fused-ring (bicyclic) bond motifs is 1. The summed E-state index contributed by atoms with van der Waals surface area (Å²) in [5.41, 5.74) is 0.634. The van der Waals surface area contributed by atoms with Gasteiger partial charge in [-0.2, -0.15) is 0 Å². The molecule has 0 spiro atoms. The van der Waals surface area contributed by atoms with E-state index in [1.165, 1.54) is 25.3 Å². The molecule has 1 aromatic carbocycles. The number of rotatable bonds is 5. The van der Waals surface area contributed by atoms with Gasteiger partial charge in [-0.05, 0) is 25.1 Å². The average molecular weight is 311 g/mol. The Morgan fingerprint density at radius 2 is 2.14 bits per heavy atom. The van der Waals surface area contributed by atoms with Crippen molar-refractivity contribution in [3.05, 3.63) is 28.8 Å². The first-order valence-corrected chi connectivity index (χ1v) is 6.76. The van der Waals surface area contributed by atoms with Gasteiger partial charge in [0.2, 0.25) is 5.91 Å². The third kappa shape index (κ3) is 3.22. The molecule has 1 unspecified atom stereocenters. The van der Waals surface area contributed by atoms with Crippen LogP contribution >= 0.6 is 11.6 Å². The number of nitrogens with zero attached hydrogens (tertiary/aromatic N) is 1. The van der Waals surface area contributed by atoms with Crippen molar-refractivity contribution in [1.82, 2.24) is 5.32 Å². The Hall–Kier alpha value is -1.92. The number of halogens is 1. The lowest BCUT2D eigenvalue weighted by Gasteiger charge is -2.18. The Balaban J connectivity index is 2.14. The molecule has 2 rings (SSSR count). The molecule has 6 nitrogen and oxygen atoms in total. The number of Topliss-reactive ketones (excluding diaryl/α,β-unsaturated/α-hetero) is 1. The highest BCUT2D eigenvalue weighted by Gasteiger charge is 2.36. The highest BCUT2D eigenvalue weighted by atomic mass is 35.5. The SMILES string of the molecule is COCC(C)NC(=O)CN1C(=O)C(=O)c2ccc(Cl)cc21. The van der Waals surface area contributed by atoms with E-state index in [-0.39, 0.29) is 24.1 Å². The number of benzene rings is 1. The average Bonchev–Trinajstić information content (AvgIpc) is 2.64. The predicted molar refractivity (Wildman–Crippen MR) is 77.6 cm³/mol. The number of ketones is 1. The first kappa shape index (κ1) is 15.5. The maximum Gasteiger partial charge on any atom is 0.299 e. The number of amides is 2. The van der Waals surface area contributed by atoms with Crippen molar-refractivity contribution in [2.24, 2.45) is 0 Å². The fourth-order valence-corrected chi connectivity index (χ4v) is 2.35. The first-order valence-electron chi connectivity index (χ1n) is 6.38. The summed E-state index contributed by atoms with van der Waals surface area (Å²) < 4.78 is 4.92. The largest absolute Gasteiger partial charge is 0.383 e. The Labute approximate surface area is 127 Å². The van der Waals surface area contributed by atoms with E-state index in [2.05, 4.69) is 5.32 Å². The van der Waals surface area contributed by atoms with Gasteiger partial charge in [0.25, 0.3) is 11.7 Å². The summed E-state index contributed by atoms with van der Waals surface area (Å²) in [7, 11) is 1.53. The number of ether oxygens (including phenoxy) is 1. The van der Waals surface area contributed by atoms with Gasteiger partial charge in [0.1, 0.15) is 6.54 Å². The van der Waals surface area contributed by atoms with E-state index < -0.39 is 11.7 Å². The lowest BCUT2D eigenvalue weighted by molar-refractivity contribution is -0.122. The van der Waals surface area contributed by atoms with E-state index in [0.29, 0.717) is 17.3 Å². The molecule has 0 aromatic heterocycles. The van der Waals surface area contributed by atoms with E-state index in [9.17, 15) is 14.4 Å². The van der Waals surface area contributed by atoms with Crippen LogP contribution in [0.5, 0.6) is 0 Å². The second-order valence-electron chi connectivity index (χ2n) is 4.81. The summed E-state index contributed by atoms with van der Waals surface area (Å²) in [5, 5.41) is 3.08. The monoisotopic (exact) mass is 310 g/mol. The minimum absolute atomic E-state index is 0.185. The van der Waals surface area contributed by atoms with Gasteiger partial charge in [-0.15, -0.1) is 0 Å². The quantitative estimate of drug-likeness (QED) is 0.824. The van der Waals surface area contributed by atoms with Crippen molar-refractivity contribution < 1.29 is 19.1 Å². The summed E-state index contributed by atoms with van der Waals surface area (Å²) >= 11 is 5.88. The second kappa shape index (κ2) is 6.24. The summed E-state index contributed by atoms with van der Waals surface area (Å²) in [6.45, 7) is 1.91. The molecule has 1 heterocycles. The topological polar surface area (TPSA) is 75.7 Å². The highest BCUT2D eigenvalue weighted by Crippen LogP contribution is 2.31. The van der Waals surface area contributed by atoms with Crippen molar-refractivity contribution in [3.8, 4) is 0 Å². The fraction of sp³-hybridized carbons (Fsp3) is 0.357. The van der Waals surface area contributed by atoms with Crippen molar-refractivity contribution in [3.63, 3.8) is 0 Å². The van der Waals surface area contributed by atoms with Crippen LogP contribution in [0.2, 0.25) is 5.02 Å². The Bertz CT molecular complexity index is 603. The smallest absolute Gasteiger partial charge is 0.299 e. The maximum atomic E-state index is 11.9. The molecule has 7 heteroatoms. The van der Waals surface area contributed by atoms with Gasteiger partial charge in [0, 0.05) is 18.2 Å². The molecular formula is C14H15ClN2O4. The lowest BCUT2D eigenvalue weighted by Crippen LogP contribution is -2.44. The normalized spacial score (nSPS) is 15.1. The van der Waals surface area contributed by atoms with Gasteiger partial charge in [-0.1, -0.05) is 11.6 Å². The molecule has 1 aliphatic heterocycles. The van der Waals surface area contributed by atoms with E-state index in [4.69, 9.17) is 16.3 Å². The van der Waals surface area contributed by atoms with E-state index in [1.807, 2.05) is 0 Å². The molecule has 0 saturated carbocycles. The van der Waals surface area contributed by atoms with Gasteiger partial charge >= 0.3 is 0 Å². The van der Waals surface area contributed by atoms with Crippen LogP contribution in [0.25, 0.3) is 0 Å². The molecule has 1 atom stereocenters. The molecule has 2 amide bonds. The Morgan fingerprint density at radius 3 is 2.81 bits per heavy atom. The van der Waals surface area contributed by atoms with Gasteiger partial charge in [0.05, 0.1) is 17.9 Å². The lowest BCUT2D eigenvalue weighted by atomic mass is 10.1. The molecule has 0 aliphatic carbocycles. The summed E-state index contributed by atoms with van der Waals surface area (Å²) in [6.07, 6.45) is 0. The summed E-state index contributed by atoms with van der Waals surface area (Å²) in [4.78, 5) is 36.9. The van der Waals surface area contributed by atoms with Crippen LogP contribution in [0.3, 0.4) is 0 Å². The minimum atomic E-state index is -0.721. The Kier molecular flexibility index (Phi) is 4.59. The van der Waals surface area contributed by atoms with Gasteiger partial charge in [-0.3, -0.25) is 19.3 Å². The van der Waals surface area contributed by atoms with Gasteiger partial charge in [-0.25, -0.2) is 0 Å². The minimum Gasteiger partial charge on any atom is -0.383 e. The van der Waals surface area contributed by atoms with Crippen LogP contribution in [-0.2, 0) is 14.3 Å². The highest BCUT2D eigenvalue weighted by molar-refractivity contribution is 6.53. The molecule has 0 fully saturated rings. The predicted octanol–water partition coefficient (Wildman–Crippen LogP) is 1.02. The van der Waals surface area contributed by atoms with Crippen molar-refractivity contribution >= 4 is 34.9 Å². The number of anilines is 1. The van der Waals surface area contributed by atoms with Crippen LogP contribution in [0.4, 0.5) is 5.69 Å². The van der Waals surface area contributed by atoms with Gasteiger partial charge < -0.3 is 10.1 Å². The van der Waals surface area contributed by atoms with Crippen LogP contribution < -0.4 is 10.2 Å². The van der Waals surface area contributed by atoms with Crippen molar-refractivity contribution in [2.45, 2.75) is 13.0 Å². The maximum absolute atomic E-state index is 11.9. The third-order valence-corrected chi connectivity index (χ3v) is 3.30. The molecule has 0 bridgehead atoms. The molecule has 1 N–H and O–H groups in total. The zero-order chi connectivity index (χ0) is 15.6. The van der Waals surface area contributed by atoms with Crippen LogP contribution in [0.1, 0.15) is 17.3 Å². The van der Waals surface area contributed by atoms with Crippen molar-refractivity contribution in [1.29, 1.82) is 0 Å². The van der Waals surface area contributed by atoms with Crippen LogP contribution in [0, 0.1) is 0 Å². The number of nitrogens with one attached hydrogen (secondary N) is 1. The Morgan fingerprint density at radius 1 is 1.43 bits per heavy atom. The zero-order valence-electron chi connectivity index (χ0n) is 11.7. The molecule has 1 aliphatic rings. The summed E-state index contributed by atoms with van der Waals surface area (Å²) in [5.74, 6) is -1.71. The first-order chi connectivity index (χ1) is 9.93. The van der Waals surface area contributed by atoms with Crippen LogP contribution in [0.15, 0.2) is 18.2 Å². The zero-order valence-corrected chi connectivity index (χ0v) is 12.4. The standard InChI is InChI=1S/C14H15ClN2O4/c1-8(7-21-2)16-12(18)6-17-11-5-9(15)3-4-10(11)13(19)14(17)20/h3-5,8H,6-7H2,1-2H3,(H,16,18). The number of carbonyl (C=O) groups is 3. The number of hydrogen-bond donors (Lipinski definition) is 1. The molecule has 0 radical (unpaired) electrons. The molecule has 0 saturated heterocycles. The fourth-order valence-electron chi connectivity index (χ4n) is 2.18. The second-order valence-corrected chi connectivity index (χ2v) is 5.24. The number of hydrogen-bond acceptors (Lipinski definition) is 4. The molecule has 1 aromatic rings. The summed E-state index contributed by atoms with van der Waals surface area (Å²) in [6, 6.07) is 4.35. The number of methoxy groups -OCH3 is 1. The third-order valence-electron chi connectivity index (χ3n) is 3.06. The molecular weight excluding hydrogens is 296 g/mol. The van der Waals surface area contributed by atoms with E-state index >= 15 is 0 Å². The molecule has 112 valence electrons. The van der Waals surface area contributed by atoms with Crippen LogP contribution in [-0.4, -0.2) is 43.9 Å². The van der Waals surface area contributed by atoms with Crippen molar-refractivity contribution in [2.75, 3.05) is 25.2 Å². The number of carbonyl (C=O) groups excluding carboxylic acids is 3. The van der Waals surface area contributed by atoms with Gasteiger partial charge in [0.15, 0.2) is 0 Å². The molecule has 21 heavy (non-hydrogen) atoms. The van der Waals surface area contributed by atoms with E-state index in [0.717, 1.165) is 4.90 Å².